The van der Waals surface area contributed by atoms with Gasteiger partial charge in [0, 0.05) is 0 Å². The molecule has 0 spiro atoms. The van der Waals surface area contributed by atoms with E-state index in [2.05, 4.69) is 10.3 Å². The fourth-order valence-electron chi connectivity index (χ4n) is 1.30. The molecule has 0 aliphatic rings. The van der Waals surface area contributed by atoms with Crippen molar-refractivity contribution in [2.24, 2.45) is 0 Å². The summed E-state index contributed by atoms with van der Waals surface area (Å²) in [6.07, 6.45) is -0.982. The second kappa shape index (κ2) is 6.21. The lowest BCUT2D eigenvalue weighted by Gasteiger charge is -2.22. The van der Waals surface area contributed by atoms with Crippen molar-refractivity contribution in [3.05, 3.63) is 15.5 Å². The molecule has 1 aromatic heterocycles. The predicted octanol–water partition coefficient (Wildman–Crippen LogP) is 2.84. The van der Waals surface area contributed by atoms with Crippen molar-refractivity contribution in [2.45, 2.75) is 38.8 Å². The molecular formula is C11H15ClN2O4S. The standard InChI is InChI=1S/C11H15ClN2O4S/c1-11(2,3)18-10(17)14-6(4-7(15)16)8-9(12)13-5-19-8/h5-6H,4H2,1-3H3,(H,14,17)(H,15,16)/t6-/m0/s1. The van der Waals surface area contributed by atoms with E-state index in [-0.39, 0.29) is 11.6 Å². The quantitative estimate of drug-likeness (QED) is 0.893. The van der Waals surface area contributed by atoms with Crippen LogP contribution in [0, 0.1) is 0 Å². The number of nitrogens with zero attached hydrogens (tertiary/aromatic N) is 1. The summed E-state index contributed by atoms with van der Waals surface area (Å²) in [5.74, 6) is -1.05. The molecule has 1 heterocycles. The highest BCUT2D eigenvalue weighted by atomic mass is 35.5. The minimum Gasteiger partial charge on any atom is -0.481 e. The third kappa shape index (κ3) is 5.44. The molecule has 0 unspecified atom stereocenters. The Hall–Kier alpha value is -1.34. The molecule has 0 fully saturated rings. The van der Waals surface area contributed by atoms with Crippen LogP contribution in [0.25, 0.3) is 0 Å². The summed E-state index contributed by atoms with van der Waals surface area (Å²) in [7, 11) is 0. The average molecular weight is 307 g/mol. The lowest BCUT2D eigenvalue weighted by molar-refractivity contribution is -0.137. The molecule has 6 nitrogen and oxygen atoms in total. The number of rotatable bonds is 4. The maximum Gasteiger partial charge on any atom is 0.408 e. The zero-order valence-electron chi connectivity index (χ0n) is 10.8. The molecule has 0 saturated carbocycles. The van der Waals surface area contributed by atoms with Crippen LogP contribution in [0.5, 0.6) is 0 Å². The molecule has 19 heavy (non-hydrogen) atoms. The van der Waals surface area contributed by atoms with Gasteiger partial charge in [-0.2, -0.15) is 0 Å². The van der Waals surface area contributed by atoms with Gasteiger partial charge in [-0.15, -0.1) is 11.3 Å². The molecule has 1 atom stereocenters. The van der Waals surface area contributed by atoms with Gasteiger partial charge in [-0.1, -0.05) is 11.6 Å². The first-order valence-corrected chi connectivity index (χ1v) is 6.75. The van der Waals surface area contributed by atoms with Gasteiger partial charge in [-0.05, 0) is 20.8 Å². The molecule has 0 aromatic carbocycles. The number of amides is 1. The fraction of sp³-hybridized carbons (Fsp3) is 0.545. The molecule has 106 valence electrons. The summed E-state index contributed by atoms with van der Waals surface area (Å²) in [5, 5.41) is 11.5. The Bertz CT molecular complexity index is 470. The topological polar surface area (TPSA) is 88.5 Å². The number of hydrogen-bond acceptors (Lipinski definition) is 5. The van der Waals surface area contributed by atoms with Crippen LogP contribution in [0.1, 0.15) is 38.1 Å². The Morgan fingerprint density at radius 1 is 1.58 bits per heavy atom. The van der Waals surface area contributed by atoms with Crippen molar-refractivity contribution in [1.29, 1.82) is 0 Å². The minimum absolute atomic E-state index is 0.187. The lowest BCUT2D eigenvalue weighted by atomic mass is 10.2. The number of halogens is 1. The Morgan fingerprint density at radius 2 is 2.21 bits per heavy atom. The fourth-order valence-corrected chi connectivity index (χ4v) is 2.40. The predicted molar refractivity (Wildman–Crippen MR) is 71.5 cm³/mol. The number of aromatic nitrogens is 1. The summed E-state index contributed by atoms with van der Waals surface area (Å²) in [6.45, 7) is 5.16. The van der Waals surface area contributed by atoms with Crippen LogP contribution < -0.4 is 5.32 Å². The molecule has 1 rings (SSSR count). The zero-order chi connectivity index (χ0) is 14.6. The number of carbonyl (C=O) groups excluding carboxylic acids is 1. The molecule has 0 saturated heterocycles. The van der Waals surface area contributed by atoms with Gasteiger partial charge in [0.25, 0.3) is 0 Å². The Labute approximate surface area is 119 Å². The maximum atomic E-state index is 11.7. The summed E-state index contributed by atoms with van der Waals surface area (Å²) in [5.41, 5.74) is 0.832. The van der Waals surface area contributed by atoms with Crippen LogP contribution in [-0.2, 0) is 9.53 Å². The van der Waals surface area contributed by atoms with Crippen molar-refractivity contribution >= 4 is 35.0 Å². The van der Waals surface area contributed by atoms with Crippen molar-refractivity contribution in [2.75, 3.05) is 0 Å². The van der Waals surface area contributed by atoms with Gasteiger partial charge < -0.3 is 15.2 Å². The summed E-state index contributed by atoms with van der Waals surface area (Å²) < 4.78 is 5.09. The molecule has 8 heteroatoms. The van der Waals surface area contributed by atoms with Gasteiger partial charge in [0.2, 0.25) is 0 Å². The number of carboxylic acids is 1. The molecule has 0 bridgehead atoms. The number of nitrogens with one attached hydrogen (secondary N) is 1. The number of aliphatic carboxylic acids is 1. The van der Waals surface area contributed by atoms with E-state index in [1.165, 1.54) is 16.8 Å². The van der Waals surface area contributed by atoms with Crippen molar-refractivity contribution in [3.8, 4) is 0 Å². The second-order valence-electron chi connectivity index (χ2n) is 4.80. The SMILES string of the molecule is CC(C)(C)OC(=O)N[C@@H](CC(=O)O)c1scnc1Cl. The van der Waals surface area contributed by atoms with E-state index in [0.717, 1.165) is 0 Å². The van der Waals surface area contributed by atoms with Gasteiger partial charge in [0.15, 0.2) is 0 Å². The van der Waals surface area contributed by atoms with Crippen molar-refractivity contribution < 1.29 is 19.4 Å². The van der Waals surface area contributed by atoms with Crippen molar-refractivity contribution in [3.63, 3.8) is 0 Å². The summed E-state index contributed by atoms with van der Waals surface area (Å²) >= 11 is 7.03. The molecule has 1 amide bonds. The smallest absolute Gasteiger partial charge is 0.408 e. The van der Waals surface area contributed by atoms with Gasteiger partial charge in [-0.3, -0.25) is 4.79 Å². The molecule has 1 aromatic rings. The highest BCUT2D eigenvalue weighted by Gasteiger charge is 2.25. The number of thiazole rings is 1. The van der Waals surface area contributed by atoms with Crippen LogP contribution in [0.3, 0.4) is 0 Å². The summed E-state index contributed by atoms with van der Waals surface area (Å²) in [6, 6.07) is -0.757. The van der Waals surface area contributed by atoms with E-state index in [1.54, 1.807) is 20.8 Å². The van der Waals surface area contributed by atoms with Crippen LogP contribution >= 0.6 is 22.9 Å². The number of carboxylic acid groups (broad SMARTS) is 1. The number of hydrogen-bond donors (Lipinski definition) is 2. The molecule has 2 N–H and O–H groups in total. The zero-order valence-corrected chi connectivity index (χ0v) is 12.3. The third-order valence-electron chi connectivity index (χ3n) is 1.94. The third-order valence-corrected chi connectivity index (χ3v) is 3.29. The summed E-state index contributed by atoms with van der Waals surface area (Å²) in [4.78, 5) is 26.8. The van der Waals surface area contributed by atoms with Crippen LogP contribution in [-0.4, -0.2) is 27.8 Å². The number of alkyl carbamates (subject to hydrolysis) is 1. The van der Waals surface area contributed by atoms with E-state index < -0.39 is 23.7 Å². The number of ether oxygens (including phenoxy) is 1. The van der Waals surface area contributed by atoms with Crippen LogP contribution in [0.2, 0.25) is 5.15 Å². The minimum atomic E-state index is -1.05. The first kappa shape index (κ1) is 15.7. The van der Waals surface area contributed by atoms with E-state index >= 15 is 0 Å². The van der Waals surface area contributed by atoms with Crippen LogP contribution in [0.15, 0.2) is 5.51 Å². The first-order valence-electron chi connectivity index (χ1n) is 5.49. The first-order chi connectivity index (χ1) is 8.69. The molecule has 0 radical (unpaired) electrons. The van der Waals surface area contributed by atoms with Gasteiger partial charge in [0.1, 0.15) is 10.8 Å². The van der Waals surface area contributed by atoms with Gasteiger partial charge in [-0.25, -0.2) is 9.78 Å². The highest BCUT2D eigenvalue weighted by molar-refractivity contribution is 7.10. The molecule has 0 aliphatic carbocycles. The normalized spacial score (nSPS) is 12.8. The van der Waals surface area contributed by atoms with Gasteiger partial charge >= 0.3 is 12.1 Å². The van der Waals surface area contributed by atoms with E-state index in [1.807, 2.05) is 0 Å². The van der Waals surface area contributed by atoms with E-state index in [4.69, 9.17) is 21.4 Å². The maximum absolute atomic E-state index is 11.7. The highest BCUT2D eigenvalue weighted by Crippen LogP contribution is 2.28. The monoisotopic (exact) mass is 306 g/mol. The Balaban J connectivity index is 2.79. The van der Waals surface area contributed by atoms with E-state index in [0.29, 0.717) is 4.88 Å². The van der Waals surface area contributed by atoms with Gasteiger partial charge in [0.05, 0.1) is 22.9 Å². The van der Waals surface area contributed by atoms with Crippen molar-refractivity contribution in [1.82, 2.24) is 10.3 Å². The molecular weight excluding hydrogens is 292 g/mol. The second-order valence-corrected chi connectivity index (χ2v) is 6.05. The number of carbonyl (C=O) groups is 2. The van der Waals surface area contributed by atoms with Crippen LogP contribution in [0.4, 0.5) is 4.79 Å². The Morgan fingerprint density at radius 3 is 2.63 bits per heavy atom. The van der Waals surface area contributed by atoms with E-state index in [9.17, 15) is 9.59 Å². The Kier molecular flexibility index (Phi) is 5.13. The molecule has 0 aliphatic heterocycles. The largest absolute Gasteiger partial charge is 0.481 e. The average Bonchev–Trinajstić information content (AvgIpc) is 2.59. The lowest BCUT2D eigenvalue weighted by Crippen LogP contribution is -2.35.